The molecular weight excluding hydrogens is 356 g/mol. The van der Waals surface area contributed by atoms with Gasteiger partial charge in [0.15, 0.2) is 0 Å². The Morgan fingerprint density at radius 1 is 1.38 bits per heavy atom. The predicted molar refractivity (Wildman–Crippen MR) is 94.8 cm³/mol. The third-order valence-electron chi connectivity index (χ3n) is 4.24. The first-order valence-electron chi connectivity index (χ1n) is 8.45. The molecule has 2 heterocycles. The van der Waals surface area contributed by atoms with Crippen molar-refractivity contribution in [2.75, 3.05) is 19.6 Å². The highest BCUT2D eigenvalue weighted by atomic mass is 32.2. The zero-order chi connectivity index (χ0) is 18.6. The first-order chi connectivity index (χ1) is 12.5. The van der Waals surface area contributed by atoms with E-state index in [4.69, 9.17) is 5.73 Å². The van der Waals surface area contributed by atoms with E-state index in [0.29, 0.717) is 44.6 Å². The summed E-state index contributed by atoms with van der Waals surface area (Å²) in [6, 6.07) is 5.95. The topological polar surface area (TPSA) is 123 Å². The Bertz CT molecular complexity index is 853. The SMILES string of the molecule is NC1CCN(S(=O)(=O)c2cccc(C(=O)NCCCn3ccnn3)c2)C1. The molecule has 0 saturated carbocycles. The molecule has 0 bridgehead atoms. The van der Waals surface area contributed by atoms with Crippen molar-refractivity contribution in [1.29, 1.82) is 0 Å². The fourth-order valence-corrected chi connectivity index (χ4v) is 4.37. The lowest BCUT2D eigenvalue weighted by Gasteiger charge is -2.16. The number of aryl methyl sites for hydroxylation is 1. The summed E-state index contributed by atoms with van der Waals surface area (Å²) in [6.45, 7) is 1.81. The van der Waals surface area contributed by atoms with Crippen molar-refractivity contribution in [1.82, 2.24) is 24.6 Å². The van der Waals surface area contributed by atoms with Crippen molar-refractivity contribution in [3.8, 4) is 0 Å². The minimum atomic E-state index is -3.63. The average molecular weight is 378 g/mol. The number of hydrogen-bond acceptors (Lipinski definition) is 6. The van der Waals surface area contributed by atoms with Gasteiger partial charge in [0.1, 0.15) is 0 Å². The first kappa shape index (κ1) is 18.5. The molecule has 1 aromatic heterocycles. The number of carbonyl (C=O) groups is 1. The molecule has 1 unspecified atom stereocenters. The van der Waals surface area contributed by atoms with Gasteiger partial charge < -0.3 is 11.1 Å². The molecule has 1 aliphatic rings. The number of nitrogens with one attached hydrogen (secondary N) is 1. The van der Waals surface area contributed by atoms with Crippen LogP contribution in [0.5, 0.6) is 0 Å². The molecule has 2 aromatic rings. The Kier molecular flexibility index (Phi) is 5.64. The van der Waals surface area contributed by atoms with Crippen LogP contribution in [-0.4, -0.2) is 59.3 Å². The third kappa shape index (κ3) is 4.26. The number of rotatable bonds is 7. The van der Waals surface area contributed by atoms with E-state index in [-0.39, 0.29) is 16.8 Å². The summed E-state index contributed by atoms with van der Waals surface area (Å²) in [5, 5.41) is 10.3. The Hall–Kier alpha value is -2.30. The highest BCUT2D eigenvalue weighted by Crippen LogP contribution is 2.21. The van der Waals surface area contributed by atoms with E-state index in [1.807, 2.05) is 0 Å². The summed E-state index contributed by atoms with van der Waals surface area (Å²) in [5.41, 5.74) is 6.12. The second kappa shape index (κ2) is 7.94. The zero-order valence-corrected chi connectivity index (χ0v) is 15.1. The number of nitrogens with two attached hydrogens (primary N) is 1. The van der Waals surface area contributed by atoms with Crippen molar-refractivity contribution < 1.29 is 13.2 Å². The quantitative estimate of drug-likeness (QED) is 0.644. The van der Waals surface area contributed by atoms with Crippen LogP contribution in [0.2, 0.25) is 0 Å². The van der Waals surface area contributed by atoms with Crippen molar-refractivity contribution in [2.45, 2.75) is 30.3 Å². The molecule has 9 nitrogen and oxygen atoms in total. The van der Waals surface area contributed by atoms with Gasteiger partial charge in [-0.2, -0.15) is 4.31 Å². The number of aromatic nitrogens is 3. The second-order valence-corrected chi connectivity index (χ2v) is 8.15. The maximum atomic E-state index is 12.7. The number of carbonyl (C=O) groups excluding carboxylic acids is 1. The number of hydrogen-bond donors (Lipinski definition) is 2. The Morgan fingerprint density at radius 2 is 2.23 bits per heavy atom. The van der Waals surface area contributed by atoms with E-state index in [2.05, 4.69) is 15.6 Å². The van der Waals surface area contributed by atoms with Crippen LogP contribution >= 0.6 is 0 Å². The van der Waals surface area contributed by atoms with Crippen LogP contribution in [0.3, 0.4) is 0 Å². The van der Waals surface area contributed by atoms with Crippen LogP contribution in [0.15, 0.2) is 41.6 Å². The predicted octanol–water partition coefficient (Wildman–Crippen LogP) is -0.180. The molecule has 0 spiro atoms. The minimum Gasteiger partial charge on any atom is -0.352 e. The summed E-state index contributed by atoms with van der Waals surface area (Å²) in [7, 11) is -3.63. The van der Waals surface area contributed by atoms with Gasteiger partial charge in [0.2, 0.25) is 10.0 Å². The second-order valence-electron chi connectivity index (χ2n) is 6.22. The molecule has 140 valence electrons. The third-order valence-corrected chi connectivity index (χ3v) is 6.10. The monoisotopic (exact) mass is 378 g/mol. The molecule has 1 aromatic carbocycles. The molecule has 10 heteroatoms. The fourth-order valence-electron chi connectivity index (χ4n) is 2.82. The van der Waals surface area contributed by atoms with Crippen LogP contribution < -0.4 is 11.1 Å². The number of nitrogens with zero attached hydrogens (tertiary/aromatic N) is 4. The van der Waals surface area contributed by atoms with Gasteiger partial charge in [0, 0.05) is 44.0 Å². The van der Waals surface area contributed by atoms with Gasteiger partial charge >= 0.3 is 0 Å². The lowest BCUT2D eigenvalue weighted by atomic mass is 10.2. The number of sulfonamides is 1. The number of benzene rings is 1. The van der Waals surface area contributed by atoms with Gasteiger partial charge in [-0.05, 0) is 31.0 Å². The van der Waals surface area contributed by atoms with Gasteiger partial charge in [-0.1, -0.05) is 11.3 Å². The lowest BCUT2D eigenvalue weighted by Crippen LogP contribution is -2.32. The molecule has 3 N–H and O–H groups in total. The normalized spacial score (nSPS) is 18.1. The van der Waals surface area contributed by atoms with Gasteiger partial charge in [-0.25, -0.2) is 8.42 Å². The van der Waals surface area contributed by atoms with Gasteiger partial charge in [-0.3, -0.25) is 9.48 Å². The lowest BCUT2D eigenvalue weighted by molar-refractivity contribution is 0.0952. The maximum absolute atomic E-state index is 12.7. The first-order valence-corrected chi connectivity index (χ1v) is 9.89. The summed E-state index contributed by atoms with van der Waals surface area (Å²) >= 11 is 0. The Morgan fingerprint density at radius 3 is 2.92 bits per heavy atom. The van der Waals surface area contributed by atoms with Crippen LogP contribution in [0.25, 0.3) is 0 Å². The molecular formula is C16H22N6O3S. The fraction of sp³-hybridized carbons (Fsp3) is 0.438. The average Bonchev–Trinajstić information content (AvgIpc) is 3.30. The summed E-state index contributed by atoms with van der Waals surface area (Å²) in [5.74, 6) is -0.307. The van der Waals surface area contributed by atoms with Crippen LogP contribution in [0.4, 0.5) is 0 Å². The minimum absolute atomic E-state index is 0.113. The van der Waals surface area contributed by atoms with Crippen molar-refractivity contribution in [3.05, 3.63) is 42.2 Å². The van der Waals surface area contributed by atoms with Gasteiger partial charge in [-0.15, -0.1) is 5.10 Å². The Labute approximate surface area is 152 Å². The van der Waals surface area contributed by atoms with Crippen molar-refractivity contribution >= 4 is 15.9 Å². The van der Waals surface area contributed by atoms with Crippen LogP contribution in [-0.2, 0) is 16.6 Å². The molecule has 0 aliphatic carbocycles. The van der Waals surface area contributed by atoms with E-state index >= 15 is 0 Å². The highest BCUT2D eigenvalue weighted by Gasteiger charge is 2.31. The van der Waals surface area contributed by atoms with E-state index in [1.165, 1.54) is 16.4 Å². The van der Waals surface area contributed by atoms with E-state index < -0.39 is 10.0 Å². The van der Waals surface area contributed by atoms with Gasteiger partial charge in [0.05, 0.1) is 11.1 Å². The highest BCUT2D eigenvalue weighted by molar-refractivity contribution is 7.89. The zero-order valence-electron chi connectivity index (χ0n) is 14.3. The molecule has 1 saturated heterocycles. The Balaban J connectivity index is 1.60. The van der Waals surface area contributed by atoms with Crippen LogP contribution in [0.1, 0.15) is 23.2 Å². The summed E-state index contributed by atoms with van der Waals surface area (Å²) in [6.07, 6.45) is 4.68. The van der Waals surface area contributed by atoms with E-state index in [1.54, 1.807) is 29.2 Å². The summed E-state index contributed by atoms with van der Waals surface area (Å²) < 4.78 is 28.4. The van der Waals surface area contributed by atoms with Crippen LogP contribution in [0, 0.1) is 0 Å². The van der Waals surface area contributed by atoms with E-state index in [0.717, 1.165) is 0 Å². The molecule has 26 heavy (non-hydrogen) atoms. The molecule has 1 fully saturated rings. The molecule has 1 atom stereocenters. The summed E-state index contributed by atoms with van der Waals surface area (Å²) in [4.78, 5) is 12.4. The maximum Gasteiger partial charge on any atom is 0.251 e. The van der Waals surface area contributed by atoms with Crippen molar-refractivity contribution in [3.63, 3.8) is 0 Å². The molecule has 1 aliphatic heterocycles. The molecule has 0 radical (unpaired) electrons. The van der Waals surface area contributed by atoms with Gasteiger partial charge in [0.25, 0.3) is 5.91 Å². The standard InChI is InChI=1S/C16H22N6O3S/c17-14-5-9-22(12-14)26(24,25)15-4-1-3-13(11-15)16(23)18-6-2-8-21-10-7-19-20-21/h1,3-4,7,10-11,14H,2,5-6,8-9,12,17H2,(H,18,23). The number of amides is 1. The molecule has 1 amide bonds. The molecule has 3 rings (SSSR count). The largest absolute Gasteiger partial charge is 0.352 e. The van der Waals surface area contributed by atoms with E-state index in [9.17, 15) is 13.2 Å². The smallest absolute Gasteiger partial charge is 0.251 e. The van der Waals surface area contributed by atoms with Crippen molar-refractivity contribution in [2.24, 2.45) is 5.73 Å².